The van der Waals surface area contributed by atoms with Crippen molar-refractivity contribution in [2.24, 2.45) is 0 Å². The Morgan fingerprint density at radius 1 is 1.26 bits per heavy atom. The summed E-state index contributed by atoms with van der Waals surface area (Å²) in [5.41, 5.74) is 2.27. The van der Waals surface area contributed by atoms with E-state index in [1.165, 1.54) is 10.9 Å². The van der Waals surface area contributed by atoms with E-state index in [4.69, 9.17) is 5.11 Å². The third-order valence-electron chi connectivity index (χ3n) is 3.89. The van der Waals surface area contributed by atoms with E-state index in [0.29, 0.717) is 0 Å². The number of fused-ring (bicyclic) bond motifs is 1. The zero-order valence-corrected chi connectivity index (χ0v) is 11.7. The predicted octanol–water partition coefficient (Wildman–Crippen LogP) is 2.88. The molecule has 3 heteroatoms. The third kappa shape index (κ3) is 3.31. The fraction of sp³-hybridized carbons (Fsp3) is 0.438. The van der Waals surface area contributed by atoms with Gasteiger partial charge >= 0.3 is 0 Å². The van der Waals surface area contributed by atoms with Gasteiger partial charge in [0.05, 0.1) is 5.52 Å². The van der Waals surface area contributed by atoms with Gasteiger partial charge in [0.2, 0.25) is 0 Å². The number of nitrogens with one attached hydrogen (secondary N) is 1. The second-order valence-electron chi connectivity index (χ2n) is 5.23. The molecule has 0 aliphatic heterocycles. The van der Waals surface area contributed by atoms with Gasteiger partial charge in [-0.15, -0.1) is 0 Å². The molecule has 1 heterocycles. The predicted molar refractivity (Wildman–Crippen MR) is 79.0 cm³/mol. The Balaban J connectivity index is 2.17. The molecule has 0 fully saturated rings. The number of rotatable bonds is 6. The fourth-order valence-corrected chi connectivity index (χ4v) is 2.25. The first-order valence-corrected chi connectivity index (χ1v) is 6.87. The van der Waals surface area contributed by atoms with Crippen LogP contribution in [0.25, 0.3) is 10.9 Å². The molecule has 1 atom stereocenters. The van der Waals surface area contributed by atoms with Crippen molar-refractivity contribution in [3.05, 3.63) is 42.1 Å². The van der Waals surface area contributed by atoms with Crippen LogP contribution in [0.1, 0.15) is 32.3 Å². The Bertz CT molecular complexity index is 536. The minimum absolute atomic E-state index is 0.0148. The Kier molecular flexibility index (Phi) is 4.51. The van der Waals surface area contributed by atoms with E-state index < -0.39 is 0 Å². The van der Waals surface area contributed by atoms with Gasteiger partial charge in [0.1, 0.15) is 0 Å². The number of aliphatic hydroxyl groups is 1. The minimum Gasteiger partial charge on any atom is -0.396 e. The molecule has 2 rings (SSSR count). The van der Waals surface area contributed by atoms with Crippen LogP contribution in [0.15, 0.2) is 36.5 Å². The highest BCUT2D eigenvalue weighted by Gasteiger charge is 2.20. The lowest BCUT2D eigenvalue weighted by molar-refractivity contribution is 0.214. The molecule has 0 spiro atoms. The largest absolute Gasteiger partial charge is 0.396 e. The molecule has 0 bridgehead atoms. The Hall–Kier alpha value is -1.45. The summed E-state index contributed by atoms with van der Waals surface area (Å²) in [7, 11) is 0. The second-order valence-corrected chi connectivity index (χ2v) is 5.23. The van der Waals surface area contributed by atoms with Gasteiger partial charge < -0.3 is 10.4 Å². The monoisotopic (exact) mass is 258 g/mol. The van der Waals surface area contributed by atoms with Crippen LogP contribution in [-0.4, -0.2) is 22.2 Å². The van der Waals surface area contributed by atoms with Crippen molar-refractivity contribution in [2.75, 3.05) is 6.61 Å². The van der Waals surface area contributed by atoms with Gasteiger partial charge in [0.15, 0.2) is 0 Å². The topological polar surface area (TPSA) is 45.1 Å². The Morgan fingerprint density at radius 3 is 2.79 bits per heavy atom. The number of benzene rings is 1. The van der Waals surface area contributed by atoms with Gasteiger partial charge in [0, 0.05) is 30.3 Å². The van der Waals surface area contributed by atoms with Crippen LogP contribution < -0.4 is 5.32 Å². The molecule has 102 valence electrons. The summed E-state index contributed by atoms with van der Waals surface area (Å²) in [5, 5.41) is 13.9. The normalized spacial score (nSPS) is 14.5. The first-order valence-electron chi connectivity index (χ1n) is 6.87. The quantitative estimate of drug-likeness (QED) is 0.837. The molecule has 3 nitrogen and oxygen atoms in total. The lowest BCUT2D eigenvalue weighted by Gasteiger charge is -2.29. The van der Waals surface area contributed by atoms with Crippen LogP contribution in [0.2, 0.25) is 0 Å². The van der Waals surface area contributed by atoms with Gasteiger partial charge in [-0.1, -0.05) is 25.1 Å². The fourth-order valence-electron chi connectivity index (χ4n) is 2.25. The number of pyridine rings is 1. The molecular formula is C16H22N2O. The van der Waals surface area contributed by atoms with Gasteiger partial charge in [0.25, 0.3) is 0 Å². The van der Waals surface area contributed by atoms with Crippen LogP contribution in [-0.2, 0) is 6.54 Å². The van der Waals surface area contributed by atoms with Gasteiger partial charge in [-0.25, -0.2) is 0 Å². The van der Waals surface area contributed by atoms with E-state index in [0.717, 1.165) is 24.9 Å². The number of aromatic nitrogens is 1. The third-order valence-corrected chi connectivity index (χ3v) is 3.89. The van der Waals surface area contributed by atoms with Gasteiger partial charge in [-0.2, -0.15) is 0 Å². The van der Waals surface area contributed by atoms with Crippen molar-refractivity contribution in [1.29, 1.82) is 0 Å². The zero-order chi connectivity index (χ0) is 13.7. The summed E-state index contributed by atoms with van der Waals surface area (Å²) in [4.78, 5) is 4.38. The van der Waals surface area contributed by atoms with Crippen molar-refractivity contribution in [2.45, 2.75) is 38.8 Å². The smallest absolute Gasteiger partial charge is 0.0705 e. The van der Waals surface area contributed by atoms with E-state index in [9.17, 15) is 0 Å². The first-order chi connectivity index (χ1) is 9.18. The Morgan fingerprint density at radius 2 is 2.05 bits per heavy atom. The summed E-state index contributed by atoms with van der Waals surface area (Å²) < 4.78 is 0. The molecule has 0 radical (unpaired) electrons. The molecule has 1 aromatic carbocycles. The average molecular weight is 258 g/mol. The summed E-state index contributed by atoms with van der Waals surface area (Å²) in [6, 6.07) is 10.2. The summed E-state index contributed by atoms with van der Waals surface area (Å²) in [6.07, 6.45) is 3.62. The molecule has 1 aromatic heterocycles. The van der Waals surface area contributed by atoms with E-state index >= 15 is 0 Å². The number of nitrogens with zero attached hydrogens (tertiary/aromatic N) is 1. The van der Waals surface area contributed by atoms with Crippen LogP contribution in [0.4, 0.5) is 0 Å². The van der Waals surface area contributed by atoms with Crippen LogP contribution >= 0.6 is 0 Å². The molecule has 0 saturated carbocycles. The average Bonchev–Trinajstić information content (AvgIpc) is 2.45. The number of aliphatic hydroxyl groups excluding tert-OH is 1. The maximum Gasteiger partial charge on any atom is 0.0705 e. The SMILES string of the molecule is CCC(C)(CCO)NCc1ccnc2ccccc12. The number of hydrogen-bond donors (Lipinski definition) is 2. The molecule has 0 aliphatic carbocycles. The maximum atomic E-state index is 9.15. The summed E-state index contributed by atoms with van der Waals surface area (Å²) >= 11 is 0. The van der Waals surface area contributed by atoms with Crippen LogP contribution in [0.5, 0.6) is 0 Å². The van der Waals surface area contributed by atoms with Crippen molar-refractivity contribution in [3.8, 4) is 0 Å². The van der Waals surface area contributed by atoms with E-state index in [-0.39, 0.29) is 12.1 Å². The molecule has 0 saturated heterocycles. The summed E-state index contributed by atoms with van der Waals surface area (Å²) in [5.74, 6) is 0. The van der Waals surface area contributed by atoms with Crippen molar-refractivity contribution >= 4 is 10.9 Å². The Labute approximate surface area is 114 Å². The van der Waals surface area contributed by atoms with Crippen LogP contribution in [0, 0.1) is 0 Å². The molecule has 19 heavy (non-hydrogen) atoms. The lowest BCUT2D eigenvalue weighted by atomic mass is 9.94. The van der Waals surface area contributed by atoms with Crippen molar-refractivity contribution in [3.63, 3.8) is 0 Å². The van der Waals surface area contributed by atoms with Crippen molar-refractivity contribution < 1.29 is 5.11 Å². The van der Waals surface area contributed by atoms with Crippen LogP contribution in [0.3, 0.4) is 0 Å². The van der Waals surface area contributed by atoms with E-state index in [1.807, 2.05) is 24.4 Å². The highest BCUT2D eigenvalue weighted by atomic mass is 16.3. The van der Waals surface area contributed by atoms with E-state index in [1.54, 1.807) is 0 Å². The minimum atomic E-state index is -0.0148. The highest BCUT2D eigenvalue weighted by molar-refractivity contribution is 5.81. The molecular weight excluding hydrogens is 236 g/mol. The highest BCUT2D eigenvalue weighted by Crippen LogP contribution is 2.19. The maximum absolute atomic E-state index is 9.15. The molecule has 2 aromatic rings. The van der Waals surface area contributed by atoms with Gasteiger partial charge in [-0.3, -0.25) is 4.98 Å². The molecule has 1 unspecified atom stereocenters. The van der Waals surface area contributed by atoms with E-state index in [2.05, 4.69) is 36.3 Å². The first kappa shape index (κ1) is 14.0. The van der Waals surface area contributed by atoms with Gasteiger partial charge in [-0.05, 0) is 37.5 Å². The van der Waals surface area contributed by atoms with Crippen molar-refractivity contribution in [1.82, 2.24) is 10.3 Å². The molecule has 0 aliphatic rings. The number of hydrogen-bond acceptors (Lipinski definition) is 3. The summed E-state index contributed by atoms with van der Waals surface area (Å²) in [6.45, 7) is 5.32. The lowest BCUT2D eigenvalue weighted by Crippen LogP contribution is -2.42. The number of para-hydroxylation sites is 1. The molecule has 2 N–H and O–H groups in total. The molecule has 0 amide bonds. The zero-order valence-electron chi connectivity index (χ0n) is 11.7. The second kappa shape index (κ2) is 6.13. The standard InChI is InChI=1S/C16H22N2O/c1-3-16(2,9-11-19)18-12-13-8-10-17-15-7-5-4-6-14(13)15/h4-8,10,18-19H,3,9,11-12H2,1-2H3.